The van der Waals surface area contributed by atoms with Crippen molar-refractivity contribution in [1.82, 2.24) is 4.57 Å². The second-order valence-corrected chi connectivity index (χ2v) is 5.35. The molecule has 1 aliphatic heterocycles. The van der Waals surface area contributed by atoms with Crippen LogP contribution in [0, 0.1) is 13.8 Å². The van der Waals surface area contributed by atoms with Crippen molar-refractivity contribution in [3.63, 3.8) is 0 Å². The summed E-state index contributed by atoms with van der Waals surface area (Å²) in [6.07, 6.45) is 0.428. The number of fused-ring (bicyclic) bond motifs is 1. The van der Waals surface area contributed by atoms with Crippen LogP contribution in [0.15, 0.2) is 22.7 Å². The lowest BCUT2D eigenvalue weighted by Gasteiger charge is -2.05. The number of aryl methyl sites for hydroxylation is 1. The molecule has 0 saturated carbocycles. The van der Waals surface area contributed by atoms with E-state index in [9.17, 15) is 0 Å². The molecule has 1 atom stereocenters. The van der Waals surface area contributed by atoms with E-state index in [1.54, 1.807) is 0 Å². The van der Waals surface area contributed by atoms with Crippen molar-refractivity contribution >= 4 is 26.8 Å². The molecule has 84 valence electrons. The van der Waals surface area contributed by atoms with Crippen LogP contribution in [0.2, 0.25) is 0 Å². The fourth-order valence-electron chi connectivity index (χ4n) is 2.23. The minimum atomic E-state index is 0.428. The molecule has 0 N–H and O–H groups in total. The third kappa shape index (κ3) is 1.59. The molecule has 1 saturated heterocycles. The Hall–Kier alpha value is -0.800. The monoisotopic (exact) mass is 279 g/mol. The Balaban J connectivity index is 2.21. The maximum Gasteiger partial charge on any atom is 0.0988 e. The predicted octanol–water partition coefficient (Wildman–Crippen LogP) is 3.42. The fourth-order valence-corrected chi connectivity index (χ4v) is 2.60. The van der Waals surface area contributed by atoms with Gasteiger partial charge >= 0.3 is 0 Å². The van der Waals surface area contributed by atoms with Crippen LogP contribution in [-0.2, 0) is 11.3 Å². The van der Waals surface area contributed by atoms with Gasteiger partial charge in [-0.1, -0.05) is 15.9 Å². The highest BCUT2D eigenvalue weighted by molar-refractivity contribution is 9.10. The summed E-state index contributed by atoms with van der Waals surface area (Å²) in [5.41, 5.74) is 4.04. The Bertz CT molecular complexity index is 555. The molecule has 1 aliphatic rings. The number of hydrogen-bond donors (Lipinski definition) is 0. The standard InChI is InChI=1S/C13H14BrNO/c1-8-9(2)15(6-11-7-16-11)13-4-3-10(14)5-12(8)13/h3-5,11H,6-7H2,1-2H3. The Morgan fingerprint density at radius 3 is 2.88 bits per heavy atom. The summed E-state index contributed by atoms with van der Waals surface area (Å²) in [5, 5.41) is 1.34. The Labute approximate surface area is 103 Å². The van der Waals surface area contributed by atoms with E-state index in [0.29, 0.717) is 6.10 Å². The number of epoxide rings is 1. The van der Waals surface area contributed by atoms with Crippen LogP contribution in [0.25, 0.3) is 10.9 Å². The van der Waals surface area contributed by atoms with Gasteiger partial charge in [0.05, 0.1) is 19.3 Å². The van der Waals surface area contributed by atoms with E-state index >= 15 is 0 Å². The first kappa shape index (κ1) is 10.4. The maximum absolute atomic E-state index is 5.32. The Morgan fingerprint density at radius 1 is 1.44 bits per heavy atom. The third-order valence-electron chi connectivity index (χ3n) is 3.39. The van der Waals surface area contributed by atoms with Gasteiger partial charge in [-0.05, 0) is 37.6 Å². The minimum Gasteiger partial charge on any atom is -0.371 e. The second-order valence-electron chi connectivity index (χ2n) is 4.44. The van der Waals surface area contributed by atoms with Crippen molar-refractivity contribution in [2.75, 3.05) is 6.61 Å². The first-order valence-electron chi connectivity index (χ1n) is 5.53. The van der Waals surface area contributed by atoms with Crippen molar-refractivity contribution in [3.05, 3.63) is 33.9 Å². The van der Waals surface area contributed by atoms with Gasteiger partial charge in [-0.3, -0.25) is 0 Å². The zero-order chi connectivity index (χ0) is 11.3. The zero-order valence-corrected chi connectivity index (χ0v) is 11.0. The molecule has 2 aromatic rings. The molecule has 3 heteroatoms. The Kier molecular flexibility index (Phi) is 2.33. The predicted molar refractivity (Wildman–Crippen MR) is 68.9 cm³/mol. The van der Waals surface area contributed by atoms with Gasteiger partial charge in [0.25, 0.3) is 0 Å². The highest BCUT2D eigenvalue weighted by Crippen LogP contribution is 2.29. The van der Waals surface area contributed by atoms with Crippen molar-refractivity contribution < 1.29 is 4.74 Å². The van der Waals surface area contributed by atoms with Gasteiger partial charge in [0.15, 0.2) is 0 Å². The van der Waals surface area contributed by atoms with Gasteiger partial charge in [-0.25, -0.2) is 0 Å². The van der Waals surface area contributed by atoms with Gasteiger partial charge in [-0.2, -0.15) is 0 Å². The van der Waals surface area contributed by atoms with Crippen LogP contribution in [0.4, 0.5) is 0 Å². The lowest BCUT2D eigenvalue weighted by molar-refractivity contribution is 0.384. The lowest BCUT2D eigenvalue weighted by atomic mass is 10.2. The summed E-state index contributed by atoms with van der Waals surface area (Å²) >= 11 is 3.53. The summed E-state index contributed by atoms with van der Waals surface area (Å²) in [6.45, 7) is 6.27. The molecule has 16 heavy (non-hydrogen) atoms. The van der Waals surface area contributed by atoms with Gasteiger partial charge in [0.1, 0.15) is 0 Å². The van der Waals surface area contributed by atoms with E-state index in [4.69, 9.17) is 4.74 Å². The summed E-state index contributed by atoms with van der Waals surface area (Å²) in [7, 11) is 0. The Morgan fingerprint density at radius 2 is 2.19 bits per heavy atom. The van der Waals surface area contributed by atoms with Crippen LogP contribution in [-0.4, -0.2) is 17.3 Å². The van der Waals surface area contributed by atoms with Crippen molar-refractivity contribution in [2.45, 2.75) is 26.5 Å². The molecule has 3 rings (SSSR count). The largest absolute Gasteiger partial charge is 0.371 e. The van der Waals surface area contributed by atoms with Crippen LogP contribution in [0.1, 0.15) is 11.3 Å². The molecule has 0 amide bonds. The van der Waals surface area contributed by atoms with E-state index in [-0.39, 0.29) is 0 Å². The highest BCUT2D eigenvalue weighted by Gasteiger charge is 2.24. The molecule has 2 nitrogen and oxygen atoms in total. The fraction of sp³-hybridized carbons (Fsp3) is 0.385. The number of nitrogens with zero attached hydrogens (tertiary/aromatic N) is 1. The molecule has 0 radical (unpaired) electrons. The van der Waals surface area contributed by atoms with E-state index in [1.807, 2.05) is 0 Å². The van der Waals surface area contributed by atoms with Crippen molar-refractivity contribution in [3.8, 4) is 0 Å². The van der Waals surface area contributed by atoms with Gasteiger partial charge in [0.2, 0.25) is 0 Å². The van der Waals surface area contributed by atoms with E-state index in [2.05, 4.69) is 52.5 Å². The molecule has 1 unspecified atom stereocenters. The molecule has 1 fully saturated rings. The van der Waals surface area contributed by atoms with Crippen molar-refractivity contribution in [2.24, 2.45) is 0 Å². The van der Waals surface area contributed by atoms with Crippen LogP contribution < -0.4 is 0 Å². The van der Waals surface area contributed by atoms with Crippen LogP contribution in [0.5, 0.6) is 0 Å². The second kappa shape index (κ2) is 3.60. The number of halogens is 1. The van der Waals surface area contributed by atoms with Gasteiger partial charge in [-0.15, -0.1) is 0 Å². The molecular weight excluding hydrogens is 266 g/mol. The van der Waals surface area contributed by atoms with Crippen LogP contribution in [0.3, 0.4) is 0 Å². The molecule has 1 aromatic heterocycles. The average molecular weight is 280 g/mol. The maximum atomic E-state index is 5.32. The summed E-state index contributed by atoms with van der Waals surface area (Å²) in [4.78, 5) is 0. The van der Waals surface area contributed by atoms with E-state index < -0.39 is 0 Å². The topological polar surface area (TPSA) is 17.5 Å². The molecule has 2 heterocycles. The normalized spacial score (nSPS) is 19.3. The lowest BCUT2D eigenvalue weighted by Crippen LogP contribution is -2.05. The number of hydrogen-bond acceptors (Lipinski definition) is 1. The highest BCUT2D eigenvalue weighted by atomic mass is 79.9. The number of rotatable bonds is 2. The van der Waals surface area contributed by atoms with Crippen LogP contribution >= 0.6 is 15.9 Å². The van der Waals surface area contributed by atoms with Gasteiger partial charge < -0.3 is 9.30 Å². The first-order valence-corrected chi connectivity index (χ1v) is 6.32. The zero-order valence-electron chi connectivity index (χ0n) is 9.46. The minimum absolute atomic E-state index is 0.428. The third-order valence-corrected chi connectivity index (χ3v) is 3.88. The smallest absolute Gasteiger partial charge is 0.0988 e. The first-order chi connectivity index (χ1) is 7.66. The number of aromatic nitrogens is 1. The number of ether oxygens (including phenoxy) is 1. The average Bonchev–Trinajstić information content (AvgIpc) is 3.04. The van der Waals surface area contributed by atoms with E-state index in [0.717, 1.165) is 17.6 Å². The van der Waals surface area contributed by atoms with Gasteiger partial charge in [0, 0.05) is 21.1 Å². The molecular formula is C13H14BrNO. The molecule has 1 aromatic carbocycles. The number of benzene rings is 1. The van der Waals surface area contributed by atoms with Crippen molar-refractivity contribution in [1.29, 1.82) is 0 Å². The quantitative estimate of drug-likeness (QED) is 0.770. The summed E-state index contributed by atoms with van der Waals surface area (Å²) < 4.78 is 8.83. The molecule has 0 aliphatic carbocycles. The summed E-state index contributed by atoms with van der Waals surface area (Å²) in [5.74, 6) is 0. The SMILES string of the molecule is Cc1c(C)n(CC2CO2)c2ccc(Br)cc12. The molecule has 0 bridgehead atoms. The summed E-state index contributed by atoms with van der Waals surface area (Å²) in [6, 6.07) is 6.48. The molecule has 0 spiro atoms. The van der Waals surface area contributed by atoms with E-state index in [1.165, 1.54) is 22.2 Å².